The minimum atomic E-state index is 0. The van der Waals surface area contributed by atoms with Gasteiger partial charge >= 0.3 is 16.8 Å². The molecule has 0 N–H and O–H groups in total. The summed E-state index contributed by atoms with van der Waals surface area (Å²) in [5, 5.41) is 16.7. The van der Waals surface area contributed by atoms with Gasteiger partial charge in [0.1, 0.15) is 0 Å². The van der Waals surface area contributed by atoms with Gasteiger partial charge in [0.25, 0.3) is 0 Å². The fourth-order valence-corrected chi connectivity index (χ4v) is 2.94. The Labute approximate surface area is 191 Å². The fraction of sp³-hybridized carbons (Fsp3) is 1.00. The van der Waals surface area contributed by atoms with Crippen LogP contribution in [0.15, 0.2) is 0 Å². The van der Waals surface area contributed by atoms with Crippen molar-refractivity contribution in [3.63, 3.8) is 0 Å². The smallest absolute Gasteiger partial charge is 1.00 e. The van der Waals surface area contributed by atoms with Crippen LogP contribution in [-0.2, 0) is 16.8 Å². The van der Waals surface area contributed by atoms with Crippen molar-refractivity contribution in [2.24, 2.45) is 0 Å². The van der Waals surface area contributed by atoms with Crippen LogP contribution in [0.4, 0.5) is 0 Å². The Hall–Kier alpha value is 0.926. The Morgan fingerprint density at radius 3 is 0.444 bits per heavy atom. The predicted octanol–water partition coefficient (Wildman–Crippen LogP) is 0.182. The molecule has 0 bridgehead atoms. The molecule has 0 atom stereocenters. The van der Waals surface area contributed by atoms with Gasteiger partial charge in [0.15, 0.2) is 0 Å². The SMILES string of the molecule is C1CC[N-]CC1.C1CC[N-]CC1.C1CC[N-]CC1.C1CC[N-]CC1.[Cl-].[Cl-].[Co+2]. The summed E-state index contributed by atoms with van der Waals surface area (Å²) < 4.78 is 0. The Morgan fingerprint density at radius 2 is 0.407 bits per heavy atom. The van der Waals surface area contributed by atoms with Crippen LogP contribution in [0, 0.1) is 0 Å². The first kappa shape index (κ1) is 32.6. The molecule has 4 saturated heterocycles. The third-order valence-electron chi connectivity index (χ3n) is 4.53. The molecule has 0 unspecified atom stereocenters. The Kier molecular flexibility index (Phi) is 35.2. The number of nitrogens with zero attached hydrogens (tertiary/aromatic N) is 4. The van der Waals surface area contributed by atoms with Crippen molar-refractivity contribution >= 4 is 0 Å². The topological polar surface area (TPSA) is 56.4 Å². The van der Waals surface area contributed by atoms with Crippen molar-refractivity contribution in [1.82, 2.24) is 0 Å². The maximum absolute atomic E-state index is 4.18. The van der Waals surface area contributed by atoms with Gasteiger partial charge in [-0.15, -0.1) is 52.4 Å². The van der Waals surface area contributed by atoms with Crippen LogP contribution in [0.3, 0.4) is 0 Å². The minimum Gasteiger partial charge on any atom is -1.00 e. The van der Waals surface area contributed by atoms with Gasteiger partial charge in [0.05, 0.1) is 0 Å². The molecule has 0 aromatic carbocycles. The van der Waals surface area contributed by atoms with Crippen molar-refractivity contribution in [3.05, 3.63) is 21.3 Å². The van der Waals surface area contributed by atoms with Crippen LogP contribution in [0.25, 0.3) is 21.3 Å². The van der Waals surface area contributed by atoms with Crippen LogP contribution >= 0.6 is 0 Å². The van der Waals surface area contributed by atoms with E-state index in [1.54, 1.807) is 0 Å². The van der Waals surface area contributed by atoms with Crippen LogP contribution < -0.4 is 24.8 Å². The zero-order valence-electron chi connectivity index (χ0n) is 17.0. The van der Waals surface area contributed by atoms with Crippen molar-refractivity contribution in [3.8, 4) is 0 Å². The van der Waals surface area contributed by atoms with Crippen molar-refractivity contribution < 1.29 is 41.6 Å². The summed E-state index contributed by atoms with van der Waals surface area (Å²) in [7, 11) is 0. The molecular formula is C20H40Cl2CoN4-4. The number of piperidine rings is 4. The molecule has 4 fully saturated rings. The van der Waals surface area contributed by atoms with E-state index in [9.17, 15) is 0 Å². The molecule has 4 heterocycles. The van der Waals surface area contributed by atoms with Crippen LogP contribution in [0.2, 0.25) is 0 Å². The molecule has 4 aliphatic rings. The molecular weight excluding hydrogens is 426 g/mol. The molecule has 4 rings (SSSR count). The first-order chi connectivity index (χ1) is 12.0. The summed E-state index contributed by atoms with van der Waals surface area (Å²) in [5.41, 5.74) is 0. The molecule has 0 amide bonds. The largest absolute Gasteiger partial charge is 2.00 e. The van der Waals surface area contributed by atoms with Gasteiger partial charge in [-0.25, -0.2) is 0 Å². The van der Waals surface area contributed by atoms with Gasteiger partial charge in [0.2, 0.25) is 0 Å². The van der Waals surface area contributed by atoms with Crippen molar-refractivity contribution in [1.29, 1.82) is 0 Å². The second-order valence-corrected chi connectivity index (χ2v) is 6.93. The van der Waals surface area contributed by atoms with Gasteiger partial charge in [0, 0.05) is 0 Å². The average Bonchev–Trinajstić information content (AvgIpc) is 2.75. The number of hydrogen-bond donors (Lipinski definition) is 0. The van der Waals surface area contributed by atoms with E-state index in [1.165, 1.54) is 77.0 Å². The zero-order valence-corrected chi connectivity index (χ0v) is 19.6. The van der Waals surface area contributed by atoms with Crippen LogP contribution in [0.5, 0.6) is 0 Å². The second-order valence-electron chi connectivity index (χ2n) is 6.93. The van der Waals surface area contributed by atoms with E-state index in [4.69, 9.17) is 0 Å². The third kappa shape index (κ3) is 26.9. The van der Waals surface area contributed by atoms with Crippen molar-refractivity contribution in [2.75, 3.05) is 52.4 Å². The summed E-state index contributed by atoms with van der Waals surface area (Å²) in [6, 6.07) is 0. The molecule has 4 nitrogen and oxygen atoms in total. The molecule has 4 aliphatic heterocycles. The van der Waals surface area contributed by atoms with Gasteiger partial charge in [-0.2, -0.15) is 0 Å². The number of rotatable bonds is 0. The first-order valence-electron chi connectivity index (χ1n) is 10.5. The van der Waals surface area contributed by atoms with E-state index >= 15 is 0 Å². The molecule has 0 aliphatic carbocycles. The normalized spacial score (nSPS) is 21.3. The summed E-state index contributed by atoms with van der Waals surface area (Å²) in [4.78, 5) is 0. The molecule has 7 heteroatoms. The molecule has 0 aromatic heterocycles. The van der Waals surface area contributed by atoms with E-state index in [1.807, 2.05) is 0 Å². The van der Waals surface area contributed by atoms with Gasteiger partial charge in [-0.3, -0.25) is 0 Å². The van der Waals surface area contributed by atoms with E-state index in [0.29, 0.717) is 0 Å². The minimum absolute atomic E-state index is 0. The monoisotopic (exact) mass is 465 g/mol. The van der Waals surface area contributed by atoms with Crippen molar-refractivity contribution in [2.45, 2.75) is 77.0 Å². The van der Waals surface area contributed by atoms with E-state index < -0.39 is 0 Å². The van der Waals surface area contributed by atoms with Crippen LogP contribution in [0.1, 0.15) is 77.0 Å². The molecule has 0 aromatic rings. The molecule has 27 heavy (non-hydrogen) atoms. The number of halogens is 2. The summed E-state index contributed by atoms with van der Waals surface area (Å²) >= 11 is 0. The van der Waals surface area contributed by atoms with E-state index in [0.717, 1.165) is 52.4 Å². The van der Waals surface area contributed by atoms with Crippen LogP contribution in [-0.4, -0.2) is 52.4 Å². The van der Waals surface area contributed by atoms with E-state index in [2.05, 4.69) is 21.3 Å². The average molecular weight is 466 g/mol. The van der Waals surface area contributed by atoms with Gasteiger partial charge in [-0.1, -0.05) is 77.0 Å². The van der Waals surface area contributed by atoms with Gasteiger partial charge in [-0.05, 0) is 0 Å². The Morgan fingerprint density at radius 1 is 0.259 bits per heavy atom. The summed E-state index contributed by atoms with van der Waals surface area (Å²) in [6.07, 6.45) is 16.3. The number of hydrogen-bond acceptors (Lipinski definition) is 0. The third-order valence-corrected chi connectivity index (χ3v) is 4.53. The molecule has 0 spiro atoms. The summed E-state index contributed by atoms with van der Waals surface area (Å²) in [5.74, 6) is 0. The predicted molar refractivity (Wildman–Crippen MR) is 108 cm³/mol. The zero-order chi connectivity index (χ0) is 17.0. The van der Waals surface area contributed by atoms with Gasteiger partial charge < -0.3 is 46.1 Å². The standard InChI is InChI=1S/4C5H10N.2ClH.Co/c4*1-2-4-6-5-3-1;;;/h4*1-5H2;2*1H;/q4*-1;;;+2/p-2. The molecule has 1 radical (unpaired) electrons. The molecule has 0 saturated carbocycles. The Balaban J connectivity index is -0.000000274. The Bertz CT molecular complexity index is 142. The maximum Gasteiger partial charge on any atom is 2.00 e. The quantitative estimate of drug-likeness (QED) is 0.490. The maximum atomic E-state index is 4.18. The second kappa shape index (κ2) is 29.1. The first-order valence-corrected chi connectivity index (χ1v) is 10.5. The van der Waals surface area contributed by atoms with E-state index in [-0.39, 0.29) is 41.6 Å². The summed E-state index contributed by atoms with van der Waals surface area (Å²) in [6.45, 7) is 9.00. The molecule has 167 valence electrons. The fourth-order valence-electron chi connectivity index (χ4n) is 2.94.